The van der Waals surface area contributed by atoms with E-state index >= 15 is 0 Å². The number of fused-ring (bicyclic) bond motifs is 2. The molecule has 4 rings (SSSR count). The second kappa shape index (κ2) is 4.77. The van der Waals surface area contributed by atoms with Gasteiger partial charge in [-0.1, -0.05) is 18.2 Å². The van der Waals surface area contributed by atoms with Crippen LogP contribution in [0.15, 0.2) is 42.5 Å². The fourth-order valence-corrected chi connectivity index (χ4v) is 2.35. The Morgan fingerprint density at radius 2 is 1.86 bits per heavy atom. The molecule has 6 heteroatoms. The molecule has 6 nitrogen and oxygen atoms in total. The Morgan fingerprint density at radius 3 is 2.77 bits per heavy atom. The lowest BCUT2D eigenvalue weighted by atomic mass is 10.2. The minimum absolute atomic E-state index is 0.478. The summed E-state index contributed by atoms with van der Waals surface area (Å²) in [5.74, 6) is 1.87. The Labute approximate surface area is 126 Å². The predicted octanol–water partition coefficient (Wildman–Crippen LogP) is 3.08. The van der Waals surface area contributed by atoms with Crippen molar-refractivity contribution in [3.8, 4) is 11.6 Å². The molecule has 0 spiro atoms. The van der Waals surface area contributed by atoms with Crippen molar-refractivity contribution in [3.63, 3.8) is 0 Å². The van der Waals surface area contributed by atoms with Crippen molar-refractivity contribution in [2.45, 2.75) is 13.8 Å². The third kappa shape index (κ3) is 2.05. The average molecular weight is 291 g/mol. The highest BCUT2D eigenvalue weighted by Gasteiger charge is 2.08. The van der Waals surface area contributed by atoms with Crippen LogP contribution in [-0.2, 0) is 0 Å². The summed E-state index contributed by atoms with van der Waals surface area (Å²) in [6, 6.07) is 13.5. The van der Waals surface area contributed by atoms with Crippen LogP contribution in [0.3, 0.4) is 0 Å². The van der Waals surface area contributed by atoms with Crippen LogP contribution in [0.5, 0.6) is 11.6 Å². The molecule has 0 unspecified atom stereocenters. The first kappa shape index (κ1) is 12.7. The highest BCUT2D eigenvalue weighted by molar-refractivity contribution is 5.84. The topological polar surface area (TPSA) is 65.2 Å². The molecular weight excluding hydrogens is 278 g/mol. The second-order valence-electron chi connectivity index (χ2n) is 5.07. The third-order valence-electron chi connectivity index (χ3n) is 3.43. The van der Waals surface area contributed by atoms with Crippen LogP contribution in [0.1, 0.15) is 11.5 Å². The highest BCUT2D eigenvalue weighted by Crippen LogP contribution is 2.27. The normalized spacial score (nSPS) is 11.2. The SMILES string of the molecule is Cc1ccc2cccc(Oc3ccc4nnc(C)n4n3)c2n1. The minimum Gasteiger partial charge on any atom is -0.435 e. The molecule has 22 heavy (non-hydrogen) atoms. The van der Waals surface area contributed by atoms with Crippen LogP contribution in [0, 0.1) is 13.8 Å². The first-order valence-corrected chi connectivity index (χ1v) is 6.94. The minimum atomic E-state index is 0.478. The number of ether oxygens (including phenoxy) is 1. The molecule has 0 saturated heterocycles. The van der Waals surface area contributed by atoms with E-state index in [0.29, 0.717) is 23.1 Å². The first-order chi connectivity index (χ1) is 10.7. The lowest BCUT2D eigenvalue weighted by Crippen LogP contribution is -1.98. The van der Waals surface area contributed by atoms with Crippen molar-refractivity contribution in [1.82, 2.24) is 24.8 Å². The standard InChI is InChI=1S/C16H13N5O/c1-10-6-7-12-4-3-5-13(16(12)17-10)22-15-9-8-14-19-18-11(2)21(14)20-15/h3-9H,1-2H3. The van der Waals surface area contributed by atoms with Crippen molar-refractivity contribution in [3.05, 3.63) is 54.0 Å². The number of aryl methyl sites for hydroxylation is 2. The van der Waals surface area contributed by atoms with Crippen LogP contribution >= 0.6 is 0 Å². The maximum atomic E-state index is 5.93. The maximum Gasteiger partial charge on any atom is 0.237 e. The van der Waals surface area contributed by atoms with Gasteiger partial charge < -0.3 is 4.74 Å². The van der Waals surface area contributed by atoms with Crippen LogP contribution in [0.2, 0.25) is 0 Å². The molecule has 0 bridgehead atoms. The summed E-state index contributed by atoms with van der Waals surface area (Å²) in [7, 11) is 0. The molecular formula is C16H13N5O. The quantitative estimate of drug-likeness (QED) is 0.568. The monoisotopic (exact) mass is 291 g/mol. The van der Waals surface area contributed by atoms with Gasteiger partial charge in [0.25, 0.3) is 0 Å². The van der Waals surface area contributed by atoms with Crippen LogP contribution < -0.4 is 4.74 Å². The summed E-state index contributed by atoms with van der Waals surface area (Å²) >= 11 is 0. The predicted molar refractivity (Wildman–Crippen MR) is 82.1 cm³/mol. The first-order valence-electron chi connectivity index (χ1n) is 6.94. The molecule has 3 aromatic heterocycles. The van der Waals surface area contributed by atoms with E-state index in [1.54, 1.807) is 10.6 Å². The molecule has 4 aromatic rings. The van der Waals surface area contributed by atoms with Gasteiger partial charge in [-0.2, -0.15) is 4.52 Å². The zero-order valence-corrected chi connectivity index (χ0v) is 12.2. The van der Waals surface area contributed by atoms with E-state index in [-0.39, 0.29) is 0 Å². The summed E-state index contributed by atoms with van der Waals surface area (Å²) in [6.07, 6.45) is 0. The third-order valence-corrected chi connectivity index (χ3v) is 3.43. The van der Waals surface area contributed by atoms with E-state index < -0.39 is 0 Å². The Balaban J connectivity index is 1.81. The molecule has 1 aromatic carbocycles. The fourth-order valence-electron chi connectivity index (χ4n) is 2.35. The second-order valence-corrected chi connectivity index (χ2v) is 5.07. The van der Waals surface area contributed by atoms with Gasteiger partial charge in [-0.25, -0.2) is 4.98 Å². The summed E-state index contributed by atoms with van der Waals surface area (Å²) in [6.45, 7) is 3.81. The lowest BCUT2D eigenvalue weighted by Gasteiger charge is -2.08. The van der Waals surface area contributed by atoms with Crippen molar-refractivity contribution in [2.75, 3.05) is 0 Å². The van der Waals surface area contributed by atoms with Gasteiger partial charge in [0.05, 0.1) is 0 Å². The van der Waals surface area contributed by atoms with E-state index in [2.05, 4.69) is 20.3 Å². The van der Waals surface area contributed by atoms with Gasteiger partial charge in [0.15, 0.2) is 17.2 Å². The average Bonchev–Trinajstić information content (AvgIpc) is 2.89. The molecule has 0 amide bonds. The number of pyridine rings is 1. The molecule has 0 aliphatic carbocycles. The molecule has 0 aliphatic heterocycles. The largest absolute Gasteiger partial charge is 0.435 e. The maximum absolute atomic E-state index is 5.93. The van der Waals surface area contributed by atoms with Crippen molar-refractivity contribution in [2.24, 2.45) is 0 Å². The molecule has 0 radical (unpaired) electrons. The Bertz CT molecular complexity index is 992. The van der Waals surface area contributed by atoms with E-state index in [1.807, 2.05) is 50.2 Å². The molecule has 0 atom stereocenters. The number of nitrogens with zero attached hydrogens (tertiary/aromatic N) is 5. The van der Waals surface area contributed by atoms with Gasteiger partial charge >= 0.3 is 0 Å². The smallest absolute Gasteiger partial charge is 0.237 e. The van der Waals surface area contributed by atoms with Crippen molar-refractivity contribution in [1.29, 1.82) is 0 Å². The fraction of sp³-hybridized carbons (Fsp3) is 0.125. The molecule has 108 valence electrons. The number of para-hydroxylation sites is 1. The van der Waals surface area contributed by atoms with Gasteiger partial charge in [0.2, 0.25) is 5.88 Å². The number of benzene rings is 1. The highest BCUT2D eigenvalue weighted by atomic mass is 16.5. The van der Waals surface area contributed by atoms with Crippen LogP contribution in [-0.4, -0.2) is 24.8 Å². The van der Waals surface area contributed by atoms with E-state index in [1.165, 1.54) is 0 Å². The van der Waals surface area contributed by atoms with Crippen LogP contribution in [0.25, 0.3) is 16.6 Å². The van der Waals surface area contributed by atoms with Gasteiger partial charge in [-0.3, -0.25) is 0 Å². The summed E-state index contributed by atoms with van der Waals surface area (Å²) < 4.78 is 7.58. The molecule has 0 saturated carbocycles. The number of hydrogen-bond donors (Lipinski definition) is 0. The summed E-state index contributed by atoms with van der Waals surface area (Å²) in [4.78, 5) is 4.56. The number of rotatable bonds is 2. The summed E-state index contributed by atoms with van der Waals surface area (Å²) in [5.41, 5.74) is 2.46. The Morgan fingerprint density at radius 1 is 0.955 bits per heavy atom. The van der Waals surface area contributed by atoms with Crippen LogP contribution in [0.4, 0.5) is 0 Å². The van der Waals surface area contributed by atoms with Crippen molar-refractivity contribution < 1.29 is 4.74 Å². The molecule has 3 heterocycles. The lowest BCUT2D eigenvalue weighted by molar-refractivity contribution is 0.455. The Kier molecular flexibility index (Phi) is 2.75. The zero-order chi connectivity index (χ0) is 15.1. The number of aromatic nitrogens is 5. The van der Waals surface area contributed by atoms with E-state index in [0.717, 1.165) is 16.6 Å². The van der Waals surface area contributed by atoms with Gasteiger partial charge in [-0.05, 0) is 32.0 Å². The molecule has 0 N–H and O–H groups in total. The van der Waals surface area contributed by atoms with E-state index in [4.69, 9.17) is 4.74 Å². The molecule has 0 aliphatic rings. The van der Waals surface area contributed by atoms with Crippen molar-refractivity contribution >= 4 is 16.6 Å². The molecule has 0 fully saturated rings. The van der Waals surface area contributed by atoms with Gasteiger partial charge in [0.1, 0.15) is 5.52 Å². The summed E-state index contributed by atoms with van der Waals surface area (Å²) in [5, 5.41) is 13.4. The van der Waals surface area contributed by atoms with Gasteiger partial charge in [0, 0.05) is 17.1 Å². The van der Waals surface area contributed by atoms with E-state index in [9.17, 15) is 0 Å². The Hall–Kier alpha value is -3.02. The van der Waals surface area contributed by atoms with Gasteiger partial charge in [-0.15, -0.1) is 15.3 Å². The number of hydrogen-bond acceptors (Lipinski definition) is 5. The zero-order valence-electron chi connectivity index (χ0n) is 12.2.